The Morgan fingerprint density at radius 3 is 2.87 bits per heavy atom. The van der Waals surface area contributed by atoms with Crippen LogP contribution in [0, 0.1) is 5.82 Å². The molecule has 0 radical (unpaired) electrons. The largest absolute Gasteiger partial charge is 0.481 e. The van der Waals surface area contributed by atoms with E-state index >= 15 is 0 Å². The van der Waals surface area contributed by atoms with Crippen molar-refractivity contribution in [3.63, 3.8) is 0 Å². The summed E-state index contributed by atoms with van der Waals surface area (Å²) in [5.74, 6) is -0.587. The summed E-state index contributed by atoms with van der Waals surface area (Å²) in [5, 5.41) is 8.40. The number of carbonyl (C=O) groups is 1. The van der Waals surface area contributed by atoms with Gasteiger partial charge >= 0.3 is 5.97 Å². The molecule has 1 aromatic carbocycles. The van der Waals surface area contributed by atoms with E-state index in [4.69, 9.17) is 10.8 Å². The van der Waals surface area contributed by atoms with Crippen LogP contribution in [0.3, 0.4) is 0 Å². The van der Waals surface area contributed by atoms with E-state index in [0.29, 0.717) is 22.8 Å². The second-order valence-electron chi connectivity index (χ2n) is 3.04. The molecule has 0 saturated carbocycles. The monoisotopic (exact) mass is 229 g/mol. The lowest BCUT2D eigenvalue weighted by Crippen LogP contribution is -1.95. The Morgan fingerprint density at radius 1 is 1.53 bits per heavy atom. The van der Waals surface area contributed by atoms with Crippen LogP contribution in [0.5, 0.6) is 0 Å². The van der Waals surface area contributed by atoms with Gasteiger partial charge in [0.1, 0.15) is 5.82 Å². The Kier molecular flexibility index (Phi) is 4.42. The molecular weight excluding hydrogens is 217 g/mol. The molecule has 0 spiro atoms. The number of anilines is 1. The lowest BCUT2D eigenvalue weighted by molar-refractivity contribution is -0.137. The zero-order valence-corrected chi connectivity index (χ0v) is 8.89. The number of rotatable bonds is 5. The number of carboxylic acid groups (broad SMARTS) is 1. The Labute approximate surface area is 91.5 Å². The molecule has 0 heterocycles. The summed E-state index contributed by atoms with van der Waals surface area (Å²) >= 11 is 1.30. The summed E-state index contributed by atoms with van der Waals surface area (Å²) in [6, 6.07) is 4.50. The van der Waals surface area contributed by atoms with Gasteiger partial charge in [0.05, 0.1) is 0 Å². The molecule has 0 aliphatic heterocycles. The molecule has 3 N–H and O–H groups in total. The highest BCUT2D eigenvalue weighted by Crippen LogP contribution is 2.24. The summed E-state index contributed by atoms with van der Waals surface area (Å²) < 4.78 is 13.2. The normalized spacial score (nSPS) is 10.2. The summed E-state index contributed by atoms with van der Waals surface area (Å²) in [6.45, 7) is 0. The molecule has 0 saturated heterocycles. The number of halogens is 1. The number of carboxylic acids is 1. The van der Waals surface area contributed by atoms with Crippen molar-refractivity contribution < 1.29 is 14.3 Å². The highest BCUT2D eigenvalue weighted by atomic mass is 32.2. The molecule has 0 aliphatic carbocycles. The van der Waals surface area contributed by atoms with Gasteiger partial charge in [-0.25, -0.2) is 4.39 Å². The molecular formula is C10H12FNO2S. The molecule has 82 valence electrons. The van der Waals surface area contributed by atoms with E-state index < -0.39 is 5.97 Å². The van der Waals surface area contributed by atoms with E-state index in [-0.39, 0.29) is 12.2 Å². The Balaban J connectivity index is 2.40. The number of hydrogen-bond donors (Lipinski definition) is 2. The fraction of sp³-hybridized carbons (Fsp3) is 0.300. The van der Waals surface area contributed by atoms with Crippen LogP contribution in [0.15, 0.2) is 23.1 Å². The highest BCUT2D eigenvalue weighted by molar-refractivity contribution is 7.99. The molecule has 0 fully saturated rings. The Hall–Kier alpha value is -1.23. The molecule has 0 aliphatic rings. The van der Waals surface area contributed by atoms with Crippen LogP contribution in [0.1, 0.15) is 12.8 Å². The maximum atomic E-state index is 13.2. The summed E-state index contributed by atoms with van der Waals surface area (Å²) in [4.78, 5) is 10.7. The Bertz CT molecular complexity index is 357. The number of aliphatic carboxylic acids is 1. The van der Waals surface area contributed by atoms with Crippen molar-refractivity contribution in [2.75, 3.05) is 11.5 Å². The molecule has 1 rings (SSSR count). The Morgan fingerprint density at radius 2 is 2.27 bits per heavy atom. The number of hydrogen-bond acceptors (Lipinski definition) is 3. The first-order valence-electron chi connectivity index (χ1n) is 4.49. The lowest BCUT2D eigenvalue weighted by atomic mass is 10.3. The van der Waals surface area contributed by atoms with Crippen molar-refractivity contribution >= 4 is 23.4 Å². The van der Waals surface area contributed by atoms with Crippen LogP contribution in [0.4, 0.5) is 10.1 Å². The maximum Gasteiger partial charge on any atom is 0.303 e. The maximum absolute atomic E-state index is 13.2. The van der Waals surface area contributed by atoms with Crippen molar-refractivity contribution in [2.24, 2.45) is 0 Å². The van der Waals surface area contributed by atoms with Crippen LogP contribution < -0.4 is 5.73 Å². The van der Waals surface area contributed by atoms with Gasteiger partial charge in [0.15, 0.2) is 0 Å². The van der Waals surface area contributed by atoms with E-state index in [1.807, 2.05) is 0 Å². The average molecular weight is 229 g/mol. The van der Waals surface area contributed by atoms with Gasteiger partial charge < -0.3 is 10.8 Å². The van der Waals surface area contributed by atoms with Gasteiger partial charge in [0, 0.05) is 17.0 Å². The molecule has 15 heavy (non-hydrogen) atoms. The topological polar surface area (TPSA) is 63.3 Å². The summed E-state index contributed by atoms with van der Waals surface area (Å²) in [5.41, 5.74) is 5.79. The SMILES string of the molecule is Nc1ccc(SCCCC(=O)O)c(F)c1. The van der Waals surface area contributed by atoms with E-state index in [0.717, 1.165) is 0 Å². The van der Waals surface area contributed by atoms with E-state index in [9.17, 15) is 9.18 Å². The second kappa shape index (κ2) is 5.60. The second-order valence-corrected chi connectivity index (χ2v) is 4.17. The van der Waals surface area contributed by atoms with E-state index in [2.05, 4.69) is 0 Å². The van der Waals surface area contributed by atoms with Crippen molar-refractivity contribution in [1.29, 1.82) is 0 Å². The highest BCUT2D eigenvalue weighted by Gasteiger charge is 2.03. The zero-order valence-electron chi connectivity index (χ0n) is 8.07. The number of thioether (sulfide) groups is 1. The number of nitrogen functional groups attached to an aromatic ring is 1. The number of nitrogens with two attached hydrogens (primary N) is 1. The van der Waals surface area contributed by atoms with E-state index in [1.54, 1.807) is 12.1 Å². The minimum Gasteiger partial charge on any atom is -0.481 e. The van der Waals surface area contributed by atoms with Crippen LogP contribution >= 0.6 is 11.8 Å². The molecule has 0 atom stereocenters. The smallest absolute Gasteiger partial charge is 0.303 e. The standard InChI is InChI=1S/C10H12FNO2S/c11-8-6-7(12)3-4-9(8)15-5-1-2-10(13)14/h3-4,6H,1-2,5,12H2,(H,13,14). The molecule has 0 bridgehead atoms. The molecule has 0 amide bonds. The van der Waals surface area contributed by atoms with E-state index in [1.165, 1.54) is 17.8 Å². The molecule has 0 unspecified atom stereocenters. The van der Waals surface area contributed by atoms with Crippen LogP contribution in [-0.4, -0.2) is 16.8 Å². The summed E-state index contributed by atoms with van der Waals surface area (Å²) in [7, 11) is 0. The van der Waals surface area contributed by atoms with Crippen molar-refractivity contribution in [2.45, 2.75) is 17.7 Å². The predicted molar refractivity (Wildman–Crippen MR) is 58.4 cm³/mol. The lowest BCUT2D eigenvalue weighted by Gasteiger charge is -2.02. The average Bonchev–Trinajstić information content (AvgIpc) is 2.14. The molecule has 1 aromatic rings. The van der Waals surface area contributed by atoms with Crippen LogP contribution in [0.25, 0.3) is 0 Å². The minimum atomic E-state index is -0.826. The molecule has 5 heteroatoms. The van der Waals surface area contributed by atoms with Crippen molar-refractivity contribution in [1.82, 2.24) is 0 Å². The first kappa shape index (κ1) is 11.8. The van der Waals surface area contributed by atoms with Crippen molar-refractivity contribution in [3.05, 3.63) is 24.0 Å². The fourth-order valence-electron chi connectivity index (χ4n) is 1.04. The quantitative estimate of drug-likeness (QED) is 0.462. The summed E-state index contributed by atoms with van der Waals surface area (Å²) in [6.07, 6.45) is 0.646. The third kappa shape index (κ3) is 4.20. The van der Waals surface area contributed by atoms with Crippen molar-refractivity contribution in [3.8, 4) is 0 Å². The first-order chi connectivity index (χ1) is 7.09. The van der Waals surface area contributed by atoms with Gasteiger partial charge in [-0.05, 0) is 30.4 Å². The van der Waals surface area contributed by atoms with Gasteiger partial charge in [-0.2, -0.15) is 0 Å². The molecule has 3 nitrogen and oxygen atoms in total. The van der Waals surface area contributed by atoms with Gasteiger partial charge in [-0.1, -0.05) is 0 Å². The third-order valence-electron chi connectivity index (χ3n) is 1.75. The molecule has 0 aromatic heterocycles. The van der Waals surface area contributed by atoms with Gasteiger partial charge in [0.2, 0.25) is 0 Å². The zero-order chi connectivity index (χ0) is 11.3. The van der Waals surface area contributed by atoms with Crippen LogP contribution in [-0.2, 0) is 4.79 Å². The predicted octanol–water partition coefficient (Wildman–Crippen LogP) is 2.36. The van der Waals surface area contributed by atoms with Gasteiger partial charge in [0.25, 0.3) is 0 Å². The minimum absolute atomic E-state index is 0.115. The van der Waals surface area contributed by atoms with Gasteiger partial charge in [-0.15, -0.1) is 11.8 Å². The number of benzene rings is 1. The third-order valence-corrected chi connectivity index (χ3v) is 2.88. The first-order valence-corrected chi connectivity index (χ1v) is 5.48. The fourth-order valence-corrected chi connectivity index (χ4v) is 1.91. The van der Waals surface area contributed by atoms with Gasteiger partial charge in [-0.3, -0.25) is 4.79 Å². The van der Waals surface area contributed by atoms with Crippen LogP contribution in [0.2, 0.25) is 0 Å².